The van der Waals surface area contributed by atoms with Gasteiger partial charge in [0.1, 0.15) is 6.23 Å². The van der Waals surface area contributed by atoms with Crippen LogP contribution in [0.5, 0.6) is 0 Å². The number of hydrogen-bond donors (Lipinski definition) is 1. The summed E-state index contributed by atoms with van der Waals surface area (Å²) in [6.45, 7) is 0.860. The van der Waals surface area contributed by atoms with Crippen molar-refractivity contribution in [3.63, 3.8) is 0 Å². The Morgan fingerprint density at radius 1 is 1.39 bits per heavy atom. The number of hydrogen-bond acceptors (Lipinski definition) is 3. The lowest BCUT2D eigenvalue weighted by Gasteiger charge is -2.25. The second-order valence-electron chi connectivity index (χ2n) is 5.60. The lowest BCUT2D eigenvalue weighted by atomic mass is 10.1. The van der Waals surface area contributed by atoms with E-state index in [1.165, 1.54) is 18.4 Å². The number of pyridine rings is 1. The van der Waals surface area contributed by atoms with Crippen LogP contribution in [-0.4, -0.2) is 22.9 Å². The van der Waals surface area contributed by atoms with Crippen molar-refractivity contribution >= 4 is 5.69 Å². The zero-order chi connectivity index (χ0) is 12.7. The second-order valence-corrected chi connectivity index (χ2v) is 5.60. The maximum absolute atomic E-state index is 12.1. The highest BCUT2D eigenvalue weighted by molar-refractivity contribution is 5.53. The Morgan fingerprint density at radius 3 is 2.89 bits per heavy atom. The number of anilines is 1. The molecule has 98 valence electrons. The Kier molecular flexibility index (Phi) is 2.90. The molecule has 2 heterocycles. The fourth-order valence-electron chi connectivity index (χ4n) is 2.68. The maximum atomic E-state index is 12.1. The van der Waals surface area contributed by atoms with Crippen molar-refractivity contribution in [3.05, 3.63) is 28.2 Å². The van der Waals surface area contributed by atoms with Crippen LogP contribution < -0.4 is 10.5 Å². The van der Waals surface area contributed by atoms with Crippen LogP contribution in [0.3, 0.4) is 0 Å². The van der Waals surface area contributed by atoms with Gasteiger partial charge in [0.05, 0.1) is 0 Å². The molecule has 4 nitrogen and oxygen atoms in total. The molecule has 1 atom stereocenters. The van der Waals surface area contributed by atoms with Crippen LogP contribution in [0.4, 0.5) is 5.69 Å². The monoisotopic (exact) mass is 248 g/mol. The molecule has 1 aromatic rings. The van der Waals surface area contributed by atoms with Gasteiger partial charge >= 0.3 is 0 Å². The van der Waals surface area contributed by atoms with E-state index < -0.39 is 6.23 Å². The van der Waals surface area contributed by atoms with Crippen molar-refractivity contribution in [3.8, 4) is 0 Å². The minimum atomic E-state index is -0.468. The molecule has 1 unspecified atom stereocenters. The first-order chi connectivity index (χ1) is 8.65. The summed E-state index contributed by atoms with van der Waals surface area (Å²) in [6, 6.07) is 1.69. The van der Waals surface area contributed by atoms with Crippen molar-refractivity contribution in [2.75, 3.05) is 11.9 Å². The van der Waals surface area contributed by atoms with Gasteiger partial charge in [0.2, 0.25) is 0 Å². The Bertz CT molecular complexity index is 505. The molecule has 4 heteroatoms. The Labute approximate surface area is 107 Å². The minimum absolute atomic E-state index is 0.0570. The van der Waals surface area contributed by atoms with E-state index in [9.17, 15) is 9.90 Å². The van der Waals surface area contributed by atoms with Gasteiger partial charge in [0.15, 0.2) is 0 Å². The van der Waals surface area contributed by atoms with Gasteiger partial charge in [-0.1, -0.05) is 0 Å². The Morgan fingerprint density at radius 2 is 2.17 bits per heavy atom. The summed E-state index contributed by atoms with van der Waals surface area (Å²) < 4.78 is 1.85. The van der Waals surface area contributed by atoms with E-state index in [1.54, 1.807) is 6.07 Å². The summed E-state index contributed by atoms with van der Waals surface area (Å²) >= 11 is 0. The summed E-state index contributed by atoms with van der Waals surface area (Å²) in [4.78, 5) is 13.9. The standard InChI is InChI=1S/C14H20N2O2/c1-15-12-7-14(18)16(8-10-5-6-10)9-11(12)3-2-4-13(15)17/h7,9-10,13,17H,2-6,8H2,1H3. The zero-order valence-corrected chi connectivity index (χ0v) is 10.8. The van der Waals surface area contributed by atoms with Crippen molar-refractivity contribution in [2.45, 2.75) is 44.9 Å². The largest absolute Gasteiger partial charge is 0.374 e. The van der Waals surface area contributed by atoms with E-state index in [0.717, 1.165) is 31.5 Å². The number of aliphatic hydroxyl groups is 1. The third-order valence-corrected chi connectivity index (χ3v) is 4.07. The predicted octanol–water partition coefficient (Wildman–Crippen LogP) is 1.35. The van der Waals surface area contributed by atoms with Crippen LogP contribution in [0.2, 0.25) is 0 Å². The molecule has 2 aliphatic rings. The SMILES string of the molecule is CN1c2cc(=O)n(CC3CC3)cc2CCCC1O. The topological polar surface area (TPSA) is 45.5 Å². The van der Waals surface area contributed by atoms with Gasteiger partial charge in [0.25, 0.3) is 5.56 Å². The molecule has 0 radical (unpaired) electrons. The molecule has 3 rings (SSSR count). The van der Waals surface area contributed by atoms with E-state index >= 15 is 0 Å². The third-order valence-electron chi connectivity index (χ3n) is 4.07. The van der Waals surface area contributed by atoms with Crippen molar-refractivity contribution in [1.82, 2.24) is 4.57 Å². The van der Waals surface area contributed by atoms with Gasteiger partial charge in [-0.3, -0.25) is 4.79 Å². The minimum Gasteiger partial charge on any atom is -0.374 e. The Balaban J connectivity index is 1.98. The summed E-state index contributed by atoms with van der Waals surface area (Å²) in [7, 11) is 1.86. The quantitative estimate of drug-likeness (QED) is 0.859. The number of rotatable bonds is 2. The molecule has 1 N–H and O–H groups in total. The van der Waals surface area contributed by atoms with E-state index in [2.05, 4.69) is 0 Å². The summed E-state index contributed by atoms with van der Waals surface area (Å²) in [5, 5.41) is 9.94. The average molecular weight is 248 g/mol. The molecule has 0 aromatic carbocycles. The number of nitrogens with zero attached hydrogens (tertiary/aromatic N) is 2. The van der Waals surface area contributed by atoms with Gasteiger partial charge in [-0.15, -0.1) is 0 Å². The third kappa shape index (κ3) is 2.17. The van der Waals surface area contributed by atoms with E-state index in [0.29, 0.717) is 5.92 Å². The lowest BCUT2D eigenvalue weighted by molar-refractivity contribution is 0.165. The van der Waals surface area contributed by atoms with Crippen LogP contribution >= 0.6 is 0 Å². The molecule has 0 amide bonds. The average Bonchev–Trinajstić information content (AvgIpc) is 3.15. The molecular weight excluding hydrogens is 228 g/mol. The van der Waals surface area contributed by atoms with Crippen LogP contribution in [0.25, 0.3) is 0 Å². The first kappa shape index (κ1) is 11.8. The number of aliphatic hydroxyl groups excluding tert-OH is 1. The number of aromatic nitrogens is 1. The summed E-state index contributed by atoms with van der Waals surface area (Å²) in [5.41, 5.74) is 2.15. The lowest BCUT2D eigenvalue weighted by Crippen LogP contribution is -2.32. The molecule has 0 saturated heterocycles. The number of aryl methyl sites for hydroxylation is 1. The highest BCUT2D eigenvalue weighted by atomic mass is 16.3. The van der Waals surface area contributed by atoms with Crippen molar-refractivity contribution in [2.24, 2.45) is 5.92 Å². The fourth-order valence-corrected chi connectivity index (χ4v) is 2.68. The van der Waals surface area contributed by atoms with E-state index in [4.69, 9.17) is 0 Å². The molecule has 1 saturated carbocycles. The number of fused-ring (bicyclic) bond motifs is 1. The van der Waals surface area contributed by atoms with Crippen LogP contribution in [0.1, 0.15) is 31.2 Å². The molecule has 18 heavy (non-hydrogen) atoms. The highest BCUT2D eigenvalue weighted by Gasteiger charge is 2.24. The van der Waals surface area contributed by atoms with Crippen LogP contribution in [0, 0.1) is 5.92 Å². The van der Waals surface area contributed by atoms with Gasteiger partial charge in [-0.25, -0.2) is 0 Å². The molecule has 1 fully saturated rings. The molecule has 1 aromatic heterocycles. The van der Waals surface area contributed by atoms with Gasteiger partial charge < -0.3 is 14.6 Å². The second kappa shape index (κ2) is 4.43. The van der Waals surface area contributed by atoms with Gasteiger partial charge in [-0.05, 0) is 43.6 Å². The highest BCUT2D eigenvalue weighted by Crippen LogP contribution is 2.31. The molecular formula is C14H20N2O2. The van der Waals surface area contributed by atoms with Crippen LogP contribution in [0.15, 0.2) is 17.1 Å². The predicted molar refractivity (Wildman–Crippen MR) is 70.8 cm³/mol. The van der Waals surface area contributed by atoms with Gasteiger partial charge in [-0.2, -0.15) is 0 Å². The van der Waals surface area contributed by atoms with E-state index in [1.807, 2.05) is 22.7 Å². The van der Waals surface area contributed by atoms with Crippen molar-refractivity contribution in [1.29, 1.82) is 0 Å². The molecule has 0 bridgehead atoms. The smallest absolute Gasteiger partial charge is 0.252 e. The first-order valence-electron chi connectivity index (χ1n) is 6.79. The Hall–Kier alpha value is -1.29. The normalized spacial score (nSPS) is 23.7. The summed E-state index contributed by atoms with van der Waals surface area (Å²) in [5.74, 6) is 0.704. The zero-order valence-electron chi connectivity index (χ0n) is 10.8. The molecule has 1 aliphatic heterocycles. The maximum Gasteiger partial charge on any atom is 0.252 e. The fraction of sp³-hybridized carbons (Fsp3) is 0.643. The summed E-state index contributed by atoms with van der Waals surface area (Å²) in [6.07, 6.45) is 6.73. The first-order valence-corrected chi connectivity index (χ1v) is 6.79. The van der Waals surface area contributed by atoms with Gasteiger partial charge in [0, 0.05) is 31.5 Å². The van der Waals surface area contributed by atoms with Crippen LogP contribution in [-0.2, 0) is 13.0 Å². The molecule has 1 aliphatic carbocycles. The van der Waals surface area contributed by atoms with E-state index in [-0.39, 0.29) is 5.56 Å². The van der Waals surface area contributed by atoms with Crippen molar-refractivity contribution < 1.29 is 5.11 Å². The molecule has 0 spiro atoms.